The smallest absolute Gasteiger partial charge is 0.243 e. The standard InChI is InChI=1S/C21H29N3O3S/c1-5-24(6-2)19-11-9-18(10-12-19)15-22-21(25)16-23(4)28(26,27)20-13-7-17(3)8-14-20/h7-14H,5-6,15-16H2,1-4H3,(H,22,25). The number of sulfonamides is 1. The van der Waals surface area contributed by atoms with Crippen LogP contribution in [0.5, 0.6) is 0 Å². The first kappa shape index (κ1) is 21.9. The molecule has 0 saturated heterocycles. The monoisotopic (exact) mass is 403 g/mol. The molecule has 6 nitrogen and oxygen atoms in total. The van der Waals surface area contributed by atoms with Gasteiger partial charge in [0.2, 0.25) is 15.9 Å². The summed E-state index contributed by atoms with van der Waals surface area (Å²) in [5.74, 6) is -0.342. The maximum Gasteiger partial charge on any atom is 0.243 e. The van der Waals surface area contributed by atoms with E-state index in [1.54, 1.807) is 24.3 Å². The molecule has 0 atom stereocenters. The maximum atomic E-state index is 12.6. The molecule has 152 valence electrons. The topological polar surface area (TPSA) is 69.7 Å². The maximum absolute atomic E-state index is 12.6. The molecule has 0 aliphatic rings. The zero-order valence-electron chi connectivity index (χ0n) is 17.0. The lowest BCUT2D eigenvalue weighted by Gasteiger charge is -2.21. The first-order chi connectivity index (χ1) is 13.3. The Hall–Kier alpha value is -2.38. The van der Waals surface area contributed by atoms with Crippen molar-refractivity contribution in [3.8, 4) is 0 Å². The number of hydrogen-bond donors (Lipinski definition) is 1. The Morgan fingerprint density at radius 3 is 2.07 bits per heavy atom. The van der Waals surface area contributed by atoms with Crippen LogP contribution in [0.15, 0.2) is 53.4 Å². The predicted octanol–water partition coefficient (Wildman–Crippen LogP) is 2.78. The van der Waals surface area contributed by atoms with E-state index >= 15 is 0 Å². The minimum Gasteiger partial charge on any atom is -0.372 e. The second-order valence-electron chi connectivity index (χ2n) is 6.69. The third kappa shape index (κ3) is 5.56. The number of nitrogens with zero attached hydrogens (tertiary/aromatic N) is 2. The van der Waals surface area contributed by atoms with Gasteiger partial charge in [-0.15, -0.1) is 0 Å². The number of hydrogen-bond acceptors (Lipinski definition) is 4. The first-order valence-corrected chi connectivity index (χ1v) is 10.9. The summed E-state index contributed by atoms with van der Waals surface area (Å²) >= 11 is 0. The van der Waals surface area contributed by atoms with Crippen molar-refractivity contribution in [3.63, 3.8) is 0 Å². The average Bonchev–Trinajstić information content (AvgIpc) is 2.68. The Morgan fingerprint density at radius 1 is 0.964 bits per heavy atom. The molecule has 0 unspecified atom stereocenters. The molecule has 0 aromatic heterocycles. The lowest BCUT2D eigenvalue weighted by Crippen LogP contribution is -2.38. The SMILES string of the molecule is CCN(CC)c1ccc(CNC(=O)CN(C)S(=O)(=O)c2ccc(C)cc2)cc1. The lowest BCUT2D eigenvalue weighted by molar-refractivity contribution is -0.121. The van der Waals surface area contributed by atoms with Gasteiger partial charge < -0.3 is 10.2 Å². The Bertz CT molecular complexity index is 874. The largest absolute Gasteiger partial charge is 0.372 e. The van der Waals surface area contributed by atoms with Crippen LogP contribution in [-0.4, -0.2) is 45.3 Å². The molecule has 0 saturated carbocycles. The van der Waals surface area contributed by atoms with Crippen LogP contribution in [0.1, 0.15) is 25.0 Å². The van der Waals surface area contributed by atoms with Crippen molar-refractivity contribution in [2.75, 3.05) is 31.6 Å². The highest BCUT2D eigenvalue weighted by Crippen LogP contribution is 2.16. The van der Waals surface area contributed by atoms with Crippen LogP contribution < -0.4 is 10.2 Å². The summed E-state index contributed by atoms with van der Waals surface area (Å²) in [4.78, 5) is 14.6. The van der Waals surface area contributed by atoms with Crippen molar-refractivity contribution in [1.82, 2.24) is 9.62 Å². The van der Waals surface area contributed by atoms with Gasteiger partial charge in [0.25, 0.3) is 0 Å². The highest BCUT2D eigenvalue weighted by molar-refractivity contribution is 7.89. The highest BCUT2D eigenvalue weighted by atomic mass is 32.2. The first-order valence-electron chi connectivity index (χ1n) is 9.41. The van der Waals surface area contributed by atoms with Crippen molar-refractivity contribution >= 4 is 21.6 Å². The van der Waals surface area contributed by atoms with Gasteiger partial charge in [0.05, 0.1) is 11.4 Å². The number of amides is 1. The number of likely N-dealkylation sites (N-methyl/N-ethyl adjacent to an activating group) is 1. The van der Waals surface area contributed by atoms with Crippen molar-refractivity contribution in [2.24, 2.45) is 0 Å². The van der Waals surface area contributed by atoms with E-state index in [1.807, 2.05) is 31.2 Å². The molecule has 0 heterocycles. The van der Waals surface area contributed by atoms with Gasteiger partial charge in [-0.1, -0.05) is 29.8 Å². The van der Waals surface area contributed by atoms with Crippen LogP contribution in [0, 0.1) is 6.92 Å². The quantitative estimate of drug-likeness (QED) is 0.699. The average molecular weight is 404 g/mol. The highest BCUT2D eigenvalue weighted by Gasteiger charge is 2.22. The number of aryl methyl sites for hydroxylation is 1. The third-order valence-corrected chi connectivity index (χ3v) is 6.47. The van der Waals surface area contributed by atoms with Crippen molar-refractivity contribution in [1.29, 1.82) is 0 Å². The summed E-state index contributed by atoms with van der Waals surface area (Å²) < 4.78 is 26.2. The zero-order valence-corrected chi connectivity index (χ0v) is 17.8. The van der Waals surface area contributed by atoms with E-state index in [0.717, 1.165) is 34.2 Å². The second kappa shape index (κ2) is 9.71. The van der Waals surface area contributed by atoms with Crippen molar-refractivity contribution < 1.29 is 13.2 Å². The molecule has 0 aliphatic heterocycles. The van der Waals surface area contributed by atoms with Crippen LogP contribution in [0.2, 0.25) is 0 Å². The third-order valence-electron chi connectivity index (χ3n) is 4.65. The molecule has 2 rings (SSSR count). The van der Waals surface area contributed by atoms with Crippen LogP contribution in [-0.2, 0) is 21.4 Å². The van der Waals surface area contributed by atoms with Gasteiger partial charge in [-0.3, -0.25) is 4.79 Å². The molecule has 0 fully saturated rings. The molecule has 28 heavy (non-hydrogen) atoms. The Morgan fingerprint density at radius 2 is 1.54 bits per heavy atom. The fourth-order valence-electron chi connectivity index (χ4n) is 2.85. The van der Waals surface area contributed by atoms with Crippen molar-refractivity contribution in [2.45, 2.75) is 32.2 Å². The van der Waals surface area contributed by atoms with E-state index in [-0.39, 0.29) is 17.3 Å². The second-order valence-corrected chi connectivity index (χ2v) is 8.73. The Labute approximate surface area is 168 Å². The molecule has 2 aromatic carbocycles. The lowest BCUT2D eigenvalue weighted by atomic mass is 10.2. The number of carbonyl (C=O) groups is 1. The fraction of sp³-hybridized carbons (Fsp3) is 0.381. The summed E-state index contributed by atoms with van der Waals surface area (Å²) in [6.07, 6.45) is 0. The molecular weight excluding hydrogens is 374 g/mol. The molecule has 0 bridgehead atoms. The van der Waals surface area contributed by atoms with E-state index in [2.05, 4.69) is 24.1 Å². The van der Waals surface area contributed by atoms with Crippen LogP contribution >= 0.6 is 0 Å². The van der Waals surface area contributed by atoms with Gasteiger partial charge >= 0.3 is 0 Å². The molecular formula is C21H29N3O3S. The van der Waals surface area contributed by atoms with Gasteiger partial charge in [-0.05, 0) is 50.6 Å². The van der Waals surface area contributed by atoms with E-state index < -0.39 is 10.0 Å². The Kier molecular flexibility index (Phi) is 7.60. The molecule has 7 heteroatoms. The summed E-state index contributed by atoms with van der Waals surface area (Å²) in [6.45, 7) is 8.12. The van der Waals surface area contributed by atoms with Gasteiger partial charge in [-0.2, -0.15) is 4.31 Å². The summed E-state index contributed by atoms with van der Waals surface area (Å²) in [7, 11) is -2.28. The number of nitrogens with one attached hydrogen (secondary N) is 1. The summed E-state index contributed by atoms with van der Waals surface area (Å²) in [6, 6.07) is 14.6. The van der Waals surface area contributed by atoms with E-state index in [9.17, 15) is 13.2 Å². The van der Waals surface area contributed by atoms with Gasteiger partial charge in [0.15, 0.2) is 0 Å². The van der Waals surface area contributed by atoms with Crippen LogP contribution in [0.4, 0.5) is 5.69 Å². The molecule has 0 radical (unpaired) electrons. The zero-order chi connectivity index (χ0) is 20.7. The number of anilines is 1. The molecule has 1 amide bonds. The van der Waals surface area contributed by atoms with Crippen molar-refractivity contribution in [3.05, 3.63) is 59.7 Å². The Balaban J connectivity index is 1.92. The fourth-order valence-corrected chi connectivity index (χ4v) is 3.97. The molecule has 1 N–H and O–H groups in total. The van der Waals surface area contributed by atoms with E-state index in [1.165, 1.54) is 7.05 Å². The molecule has 0 spiro atoms. The van der Waals surface area contributed by atoms with E-state index in [0.29, 0.717) is 6.54 Å². The van der Waals surface area contributed by atoms with Crippen LogP contribution in [0.25, 0.3) is 0 Å². The van der Waals surface area contributed by atoms with Gasteiger partial charge in [-0.25, -0.2) is 8.42 Å². The predicted molar refractivity (Wildman–Crippen MR) is 113 cm³/mol. The minimum atomic E-state index is -3.69. The summed E-state index contributed by atoms with van der Waals surface area (Å²) in [5, 5.41) is 2.78. The summed E-state index contributed by atoms with van der Waals surface area (Å²) in [5.41, 5.74) is 3.09. The minimum absolute atomic E-state index is 0.181. The van der Waals surface area contributed by atoms with Gasteiger partial charge in [0.1, 0.15) is 0 Å². The molecule has 0 aliphatic carbocycles. The number of benzene rings is 2. The number of rotatable bonds is 9. The van der Waals surface area contributed by atoms with Crippen LogP contribution in [0.3, 0.4) is 0 Å². The van der Waals surface area contributed by atoms with E-state index in [4.69, 9.17) is 0 Å². The number of carbonyl (C=O) groups excluding carboxylic acids is 1. The normalized spacial score (nSPS) is 11.5. The van der Waals surface area contributed by atoms with Gasteiger partial charge in [0, 0.05) is 32.4 Å². The molecule has 2 aromatic rings.